The van der Waals surface area contributed by atoms with Gasteiger partial charge in [-0.2, -0.15) is 0 Å². The topological polar surface area (TPSA) is 0 Å². The average molecular weight is 277 g/mol. The van der Waals surface area contributed by atoms with Gasteiger partial charge in [0.2, 0.25) is 0 Å². The normalized spacial score (nSPS) is 21.3. The van der Waals surface area contributed by atoms with Crippen molar-refractivity contribution in [3.8, 4) is 0 Å². The number of hydrogen-bond acceptors (Lipinski definition) is 0. The first-order valence-electron chi connectivity index (χ1n) is 8.09. The third kappa shape index (κ3) is 3.34. The monoisotopic (exact) mass is 276 g/mol. The summed E-state index contributed by atoms with van der Waals surface area (Å²) in [5.74, 6) is 0.949. The van der Waals surface area contributed by atoms with Crippen LogP contribution in [0.5, 0.6) is 0 Å². The molecule has 0 radical (unpaired) electrons. The summed E-state index contributed by atoms with van der Waals surface area (Å²) in [5.41, 5.74) is 4.47. The van der Waals surface area contributed by atoms with Gasteiger partial charge in [0.05, 0.1) is 5.38 Å². The summed E-state index contributed by atoms with van der Waals surface area (Å²) < 4.78 is 0. The van der Waals surface area contributed by atoms with Crippen LogP contribution in [-0.4, -0.2) is 0 Å². The Balaban J connectivity index is 1.56. The maximum absolute atomic E-state index is 6.63. The lowest BCUT2D eigenvalue weighted by molar-refractivity contribution is 0.331. The zero-order valence-electron chi connectivity index (χ0n) is 11.8. The van der Waals surface area contributed by atoms with Gasteiger partial charge in [-0.1, -0.05) is 50.3 Å². The van der Waals surface area contributed by atoms with Gasteiger partial charge in [-0.25, -0.2) is 0 Å². The Morgan fingerprint density at radius 2 is 1.79 bits per heavy atom. The highest BCUT2D eigenvalue weighted by Crippen LogP contribution is 2.34. The molecule has 1 heteroatoms. The van der Waals surface area contributed by atoms with Crippen LogP contribution in [-0.2, 0) is 12.8 Å². The minimum atomic E-state index is 0.229. The van der Waals surface area contributed by atoms with Crippen LogP contribution in [0, 0.1) is 5.92 Å². The first kappa shape index (κ1) is 13.5. The number of halogens is 1. The highest BCUT2D eigenvalue weighted by atomic mass is 35.5. The van der Waals surface area contributed by atoms with Gasteiger partial charge in [0.25, 0.3) is 0 Å². The van der Waals surface area contributed by atoms with Crippen LogP contribution in [0.4, 0.5) is 0 Å². The van der Waals surface area contributed by atoms with Crippen molar-refractivity contribution in [2.24, 2.45) is 5.92 Å². The minimum Gasteiger partial charge on any atom is -0.118 e. The molecule has 0 aliphatic heterocycles. The van der Waals surface area contributed by atoms with Crippen molar-refractivity contribution in [1.29, 1.82) is 0 Å². The second-order valence-electron chi connectivity index (χ2n) is 6.43. The molecule has 0 heterocycles. The molecule has 2 aliphatic carbocycles. The Bertz CT molecular complexity index is 418. The van der Waals surface area contributed by atoms with Crippen molar-refractivity contribution in [3.05, 3.63) is 34.9 Å². The fourth-order valence-corrected chi connectivity index (χ4v) is 4.07. The molecule has 0 nitrogen and oxygen atoms in total. The van der Waals surface area contributed by atoms with Gasteiger partial charge in [0, 0.05) is 0 Å². The molecule has 3 rings (SSSR count). The first-order chi connectivity index (χ1) is 9.33. The molecular formula is C18H25Cl. The molecule has 0 spiro atoms. The quantitative estimate of drug-likeness (QED) is 0.608. The standard InChI is InChI=1S/C18H25Cl/c19-18(12-9-14-5-2-1-3-6-14)17-11-10-15-7-4-8-16(15)13-17/h10-11,13-14,18H,1-9,12H2. The van der Waals surface area contributed by atoms with Gasteiger partial charge in [-0.15, -0.1) is 11.6 Å². The molecule has 1 fully saturated rings. The van der Waals surface area contributed by atoms with Crippen molar-refractivity contribution < 1.29 is 0 Å². The third-order valence-electron chi connectivity index (χ3n) is 5.04. The molecule has 1 atom stereocenters. The van der Waals surface area contributed by atoms with Crippen LogP contribution in [0.1, 0.15) is 73.4 Å². The maximum Gasteiger partial charge on any atom is 0.0585 e. The lowest BCUT2D eigenvalue weighted by Crippen LogP contribution is -2.07. The fourth-order valence-electron chi connectivity index (χ4n) is 3.81. The second-order valence-corrected chi connectivity index (χ2v) is 6.96. The summed E-state index contributed by atoms with van der Waals surface area (Å²) in [6.07, 6.45) is 13.5. The molecule has 1 aromatic carbocycles. The van der Waals surface area contributed by atoms with E-state index >= 15 is 0 Å². The van der Waals surface area contributed by atoms with E-state index in [4.69, 9.17) is 11.6 Å². The Morgan fingerprint density at radius 1 is 1.00 bits per heavy atom. The van der Waals surface area contributed by atoms with Crippen LogP contribution >= 0.6 is 11.6 Å². The van der Waals surface area contributed by atoms with E-state index in [2.05, 4.69) is 18.2 Å². The van der Waals surface area contributed by atoms with E-state index < -0.39 is 0 Å². The van der Waals surface area contributed by atoms with Crippen molar-refractivity contribution in [3.63, 3.8) is 0 Å². The summed E-state index contributed by atoms with van der Waals surface area (Å²) >= 11 is 6.63. The van der Waals surface area contributed by atoms with Gasteiger partial charge >= 0.3 is 0 Å². The Morgan fingerprint density at radius 3 is 2.63 bits per heavy atom. The van der Waals surface area contributed by atoms with Crippen LogP contribution in [0.25, 0.3) is 0 Å². The van der Waals surface area contributed by atoms with E-state index in [9.17, 15) is 0 Å². The summed E-state index contributed by atoms with van der Waals surface area (Å²) in [6.45, 7) is 0. The third-order valence-corrected chi connectivity index (χ3v) is 5.51. The molecule has 0 N–H and O–H groups in total. The number of benzene rings is 1. The molecule has 0 saturated heterocycles. The Kier molecular flexibility index (Phi) is 4.48. The van der Waals surface area contributed by atoms with Gasteiger partial charge in [0.1, 0.15) is 0 Å². The SMILES string of the molecule is ClC(CCC1CCCCC1)c1ccc2c(c1)CCC2. The zero-order valence-corrected chi connectivity index (χ0v) is 12.6. The molecule has 0 aromatic heterocycles. The van der Waals surface area contributed by atoms with Gasteiger partial charge in [0.15, 0.2) is 0 Å². The molecule has 19 heavy (non-hydrogen) atoms. The highest BCUT2D eigenvalue weighted by molar-refractivity contribution is 6.20. The zero-order chi connectivity index (χ0) is 13.1. The molecule has 1 unspecified atom stereocenters. The Labute approximate surface area is 122 Å². The van der Waals surface area contributed by atoms with Gasteiger partial charge in [-0.05, 0) is 54.7 Å². The first-order valence-corrected chi connectivity index (χ1v) is 8.52. The average Bonchev–Trinajstić information content (AvgIpc) is 2.93. The minimum absolute atomic E-state index is 0.229. The van der Waals surface area contributed by atoms with Gasteiger partial charge < -0.3 is 0 Å². The second kappa shape index (κ2) is 6.31. The van der Waals surface area contributed by atoms with Crippen molar-refractivity contribution in [2.75, 3.05) is 0 Å². The summed E-state index contributed by atoms with van der Waals surface area (Å²) in [4.78, 5) is 0. The van der Waals surface area contributed by atoms with E-state index in [1.54, 1.807) is 11.1 Å². The van der Waals surface area contributed by atoms with E-state index in [1.165, 1.54) is 63.4 Å². The van der Waals surface area contributed by atoms with Crippen molar-refractivity contribution >= 4 is 11.6 Å². The van der Waals surface area contributed by atoms with Crippen molar-refractivity contribution in [1.82, 2.24) is 0 Å². The predicted molar refractivity (Wildman–Crippen MR) is 82.9 cm³/mol. The predicted octanol–water partition coefficient (Wildman–Crippen LogP) is 5.82. The molecule has 1 aromatic rings. The molecule has 0 bridgehead atoms. The summed E-state index contributed by atoms with van der Waals surface area (Å²) in [5, 5.41) is 0.229. The van der Waals surface area contributed by atoms with Crippen molar-refractivity contribution in [2.45, 2.75) is 69.6 Å². The van der Waals surface area contributed by atoms with E-state index in [0.717, 1.165) is 12.3 Å². The molecular weight excluding hydrogens is 252 g/mol. The fraction of sp³-hybridized carbons (Fsp3) is 0.667. The number of aryl methyl sites for hydroxylation is 2. The summed E-state index contributed by atoms with van der Waals surface area (Å²) in [6, 6.07) is 6.96. The molecule has 2 aliphatic rings. The number of rotatable bonds is 4. The highest BCUT2D eigenvalue weighted by Gasteiger charge is 2.18. The van der Waals surface area contributed by atoms with Crippen LogP contribution in [0.15, 0.2) is 18.2 Å². The number of fused-ring (bicyclic) bond motifs is 1. The lowest BCUT2D eigenvalue weighted by atomic mass is 9.85. The van der Waals surface area contributed by atoms with Crippen LogP contribution in [0.3, 0.4) is 0 Å². The van der Waals surface area contributed by atoms with E-state index in [0.29, 0.717) is 0 Å². The van der Waals surface area contributed by atoms with Gasteiger partial charge in [-0.3, -0.25) is 0 Å². The molecule has 1 saturated carbocycles. The Hall–Kier alpha value is -0.490. The maximum atomic E-state index is 6.63. The van der Waals surface area contributed by atoms with Crippen LogP contribution < -0.4 is 0 Å². The largest absolute Gasteiger partial charge is 0.118 e. The van der Waals surface area contributed by atoms with E-state index in [-0.39, 0.29) is 5.38 Å². The van der Waals surface area contributed by atoms with E-state index in [1.807, 2.05) is 0 Å². The molecule has 0 amide bonds. The number of hydrogen-bond donors (Lipinski definition) is 0. The molecule has 104 valence electrons. The lowest BCUT2D eigenvalue weighted by Gasteiger charge is -2.22. The summed E-state index contributed by atoms with van der Waals surface area (Å²) in [7, 11) is 0. The number of alkyl halides is 1. The smallest absolute Gasteiger partial charge is 0.0585 e. The van der Waals surface area contributed by atoms with Crippen LogP contribution in [0.2, 0.25) is 0 Å².